The van der Waals surface area contributed by atoms with Crippen LogP contribution in [0.2, 0.25) is 0 Å². The molecule has 10 heavy (non-hydrogen) atoms. The number of hydrogen-bond acceptors (Lipinski definition) is 7. The lowest BCUT2D eigenvalue weighted by atomic mass is 10.9. The first-order valence-corrected chi connectivity index (χ1v) is 5.47. The van der Waals surface area contributed by atoms with Gasteiger partial charge in [0.05, 0.1) is 23.5 Å². The minimum absolute atomic E-state index is 0.951. The smallest absolute Gasteiger partial charge is 0.161 e. The van der Waals surface area contributed by atoms with Crippen LogP contribution in [0.1, 0.15) is 0 Å². The molecule has 2 N–H and O–H groups in total. The van der Waals surface area contributed by atoms with Crippen molar-refractivity contribution >= 4 is 47.4 Å². The van der Waals surface area contributed by atoms with Crippen molar-refractivity contribution in [1.82, 2.24) is 16.6 Å². The molecular weight excluding hydrogens is 208 g/mol. The summed E-state index contributed by atoms with van der Waals surface area (Å²) in [6.45, 7) is 0. The van der Waals surface area contributed by atoms with E-state index in [4.69, 9.17) is 0 Å². The van der Waals surface area contributed by atoms with Crippen molar-refractivity contribution in [3.05, 3.63) is 0 Å². The Morgan fingerprint density at radius 2 is 1.60 bits per heavy atom. The van der Waals surface area contributed by atoms with Crippen LogP contribution in [0, 0.1) is 0 Å². The van der Waals surface area contributed by atoms with Gasteiger partial charge in [-0.1, -0.05) is 0 Å². The standard InChI is InChI=1S/C2H2N4S4/c3-1-2(8-5-7-1)4-10-6-9-3/h5-6H. The summed E-state index contributed by atoms with van der Waals surface area (Å²) in [5.41, 5.74) is 0. The lowest BCUT2D eigenvalue weighted by Crippen LogP contribution is -1.75. The SMILES string of the molecule is n1s[nH]snc2c1SNS2. The summed E-state index contributed by atoms with van der Waals surface area (Å²) in [5, 5.41) is 1.90. The minimum atomic E-state index is 0.951. The Hall–Kier alpha value is 0.240. The molecule has 2 rings (SSSR count). The Kier molecular flexibility index (Phi) is 2.14. The van der Waals surface area contributed by atoms with E-state index in [2.05, 4.69) is 16.6 Å². The van der Waals surface area contributed by atoms with Crippen molar-refractivity contribution in [3.8, 4) is 0 Å². The number of aromatic amines is 1. The summed E-state index contributed by atoms with van der Waals surface area (Å²) in [6.07, 6.45) is 0. The Morgan fingerprint density at radius 3 is 2.20 bits per heavy atom. The zero-order valence-electron chi connectivity index (χ0n) is 4.53. The molecule has 0 saturated carbocycles. The Bertz CT molecular complexity index is 235. The molecule has 54 valence electrons. The van der Waals surface area contributed by atoms with Crippen LogP contribution in [0.5, 0.6) is 0 Å². The molecule has 1 aliphatic heterocycles. The van der Waals surface area contributed by atoms with Gasteiger partial charge in [0.15, 0.2) is 10.1 Å². The summed E-state index contributed by atoms with van der Waals surface area (Å²) < 4.78 is 14.2. The number of nitrogens with one attached hydrogen (secondary N) is 2. The molecule has 1 aromatic rings. The fraction of sp³-hybridized carbons (Fsp3) is 0. The number of aromatic nitrogens is 3. The van der Waals surface area contributed by atoms with Crippen molar-refractivity contribution in [3.63, 3.8) is 0 Å². The third-order valence-electron chi connectivity index (χ3n) is 0.791. The van der Waals surface area contributed by atoms with E-state index in [0.29, 0.717) is 0 Å². The van der Waals surface area contributed by atoms with Crippen LogP contribution in [-0.4, -0.2) is 12.5 Å². The molecule has 0 saturated heterocycles. The highest BCUT2D eigenvalue weighted by molar-refractivity contribution is 8.15. The van der Waals surface area contributed by atoms with Gasteiger partial charge in [-0.3, -0.25) is 0 Å². The van der Waals surface area contributed by atoms with E-state index in [1.54, 1.807) is 0 Å². The molecule has 0 spiro atoms. The molecule has 0 unspecified atom stereocenters. The fourth-order valence-corrected chi connectivity index (χ4v) is 3.16. The minimum Gasteiger partial charge on any atom is -0.234 e. The molecule has 0 radical (unpaired) electrons. The van der Waals surface area contributed by atoms with Gasteiger partial charge in [-0.25, -0.2) is 3.76 Å². The van der Waals surface area contributed by atoms with E-state index in [1.165, 1.54) is 47.4 Å². The molecule has 0 atom stereocenters. The van der Waals surface area contributed by atoms with E-state index in [9.17, 15) is 0 Å². The quantitative estimate of drug-likeness (QED) is 0.638. The Labute approximate surface area is 74.0 Å². The number of nitrogens with zero attached hydrogens (tertiary/aromatic N) is 2. The fourth-order valence-electron chi connectivity index (χ4n) is 0.439. The van der Waals surface area contributed by atoms with Crippen LogP contribution in [-0.2, 0) is 0 Å². The average molecular weight is 210 g/mol. The van der Waals surface area contributed by atoms with Crippen LogP contribution in [0.15, 0.2) is 10.1 Å². The molecular formula is C2H2N4S4. The van der Waals surface area contributed by atoms with E-state index >= 15 is 0 Å². The molecule has 0 bridgehead atoms. The second-order valence-corrected chi connectivity index (χ2v) is 4.59. The van der Waals surface area contributed by atoms with Gasteiger partial charge in [0, 0.05) is 0 Å². The van der Waals surface area contributed by atoms with Crippen molar-refractivity contribution < 1.29 is 0 Å². The highest BCUT2D eigenvalue weighted by Crippen LogP contribution is 2.32. The third kappa shape index (κ3) is 1.30. The summed E-state index contributed by atoms with van der Waals surface area (Å²) in [7, 11) is 0. The van der Waals surface area contributed by atoms with Gasteiger partial charge in [0.2, 0.25) is 0 Å². The monoisotopic (exact) mass is 210 g/mol. The van der Waals surface area contributed by atoms with Crippen LogP contribution < -0.4 is 4.13 Å². The zero-order valence-corrected chi connectivity index (χ0v) is 7.79. The summed E-state index contributed by atoms with van der Waals surface area (Å²) in [6, 6.07) is 0. The molecule has 8 heteroatoms. The second kappa shape index (κ2) is 3.09. The number of fused-ring (bicyclic) bond motifs is 1. The van der Waals surface area contributed by atoms with Crippen molar-refractivity contribution in [1.29, 1.82) is 0 Å². The first-order valence-electron chi connectivity index (χ1n) is 2.29. The molecule has 4 nitrogen and oxygen atoms in total. The van der Waals surface area contributed by atoms with Crippen LogP contribution in [0.3, 0.4) is 0 Å². The van der Waals surface area contributed by atoms with Gasteiger partial charge >= 0.3 is 0 Å². The van der Waals surface area contributed by atoms with Gasteiger partial charge in [0.25, 0.3) is 0 Å². The molecule has 0 aliphatic carbocycles. The first-order chi connectivity index (χ1) is 4.97. The average Bonchev–Trinajstić information content (AvgIpc) is 2.28. The van der Waals surface area contributed by atoms with Crippen LogP contribution in [0.4, 0.5) is 0 Å². The topological polar surface area (TPSA) is 53.6 Å². The maximum atomic E-state index is 4.14. The second-order valence-electron chi connectivity index (χ2n) is 1.35. The number of hydrogen-bond donors (Lipinski definition) is 2. The summed E-state index contributed by atoms with van der Waals surface area (Å²) >= 11 is 5.60. The zero-order chi connectivity index (χ0) is 6.81. The van der Waals surface area contributed by atoms with Gasteiger partial charge in [-0.15, -0.1) is 0 Å². The largest absolute Gasteiger partial charge is 0.234 e. The van der Waals surface area contributed by atoms with E-state index in [0.717, 1.165) is 10.1 Å². The highest BCUT2D eigenvalue weighted by atomic mass is 32.2. The third-order valence-corrected chi connectivity index (χ3v) is 3.92. The molecule has 0 aromatic carbocycles. The maximum Gasteiger partial charge on any atom is 0.161 e. The normalized spacial score (nSPS) is 14.8. The molecule has 1 aliphatic rings. The molecule has 0 amide bonds. The number of H-pyrrole nitrogens is 1. The lowest BCUT2D eigenvalue weighted by Gasteiger charge is -1.77. The van der Waals surface area contributed by atoms with E-state index in [1.807, 2.05) is 0 Å². The lowest BCUT2D eigenvalue weighted by molar-refractivity contribution is 1.06. The first kappa shape index (κ1) is 6.92. The predicted molar refractivity (Wildman–Crippen MR) is 44.6 cm³/mol. The van der Waals surface area contributed by atoms with Crippen molar-refractivity contribution in [2.24, 2.45) is 0 Å². The van der Waals surface area contributed by atoms with Crippen molar-refractivity contribution in [2.45, 2.75) is 10.1 Å². The van der Waals surface area contributed by atoms with Gasteiger partial charge in [-0.05, 0) is 23.9 Å². The van der Waals surface area contributed by atoms with Crippen LogP contribution in [0.25, 0.3) is 0 Å². The Morgan fingerprint density at radius 1 is 1.00 bits per heavy atom. The van der Waals surface area contributed by atoms with Crippen LogP contribution >= 0.6 is 47.4 Å². The summed E-state index contributed by atoms with van der Waals surface area (Å²) in [5.74, 6) is 0. The number of rotatable bonds is 0. The maximum absolute atomic E-state index is 4.14. The highest BCUT2D eigenvalue weighted by Gasteiger charge is 2.13. The van der Waals surface area contributed by atoms with Gasteiger partial charge in [-0.2, -0.15) is 12.9 Å². The molecule has 2 heterocycles. The van der Waals surface area contributed by atoms with E-state index < -0.39 is 0 Å². The predicted octanol–water partition coefficient (Wildman–Crippen LogP) is 1.67. The molecule has 1 aromatic heterocycles. The molecule has 0 fully saturated rings. The van der Waals surface area contributed by atoms with Gasteiger partial charge in [0.1, 0.15) is 0 Å². The van der Waals surface area contributed by atoms with Gasteiger partial charge < -0.3 is 0 Å². The Balaban J connectivity index is 2.57. The summed E-state index contributed by atoms with van der Waals surface area (Å²) in [4.78, 5) is 0. The van der Waals surface area contributed by atoms with E-state index in [-0.39, 0.29) is 0 Å². The van der Waals surface area contributed by atoms with Crippen molar-refractivity contribution in [2.75, 3.05) is 0 Å².